The van der Waals surface area contributed by atoms with E-state index in [2.05, 4.69) is 12.1 Å². The lowest BCUT2D eigenvalue weighted by Crippen LogP contribution is -2.16. The molecule has 1 rings (SSSR count). The van der Waals surface area contributed by atoms with Gasteiger partial charge in [0.1, 0.15) is 6.10 Å². The van der Waals surface area contributed by atoms with Crippen LogP contribution in [0.5, 0.6) is 0 Å². The van der Waals surface area contributed by atoms with E-state index in [0.29, 0.717) is 6.61 Å². The van der Waals surface area contributed by atoms with Crippen molar-refractivity contribution in [2.45, 2.75) is 116 Å². The van der Waals surface area contributed by atoms with Crippen molar-refractivity contribution in [3.63, 3.8) is 0 Å². The monoisotopic (exact) mass is 448 g/mol. The fourth-order valence-corrected chi connectivity index (χ4v) is 3.90. The molecule has 1 atom stereocenters. The molecule has 0 saturated carbocycles. The van der Waals surface area contributed by atoms with Gasteiger partial charge in [-0.05, 0) is 44.1 Å². The molecule has 1 aromatic rings. The summed E-state index contributed by atoms with van der Waals surface area (Å²) in [5, 5.41) is 8.63. The molecule has 0 fully saturated rings. The quantitative estimate of drug-likeness (QED) is 0.161. The minimum atomic E-state index is -0.700. The van der Waals surface area contributed by atoms with Crippen LogP contribution < -0.4 is 0 Å². The van der Waals surface area contributed by atoms with Crippen molar-refractivity contribution < 1.29 is 24.2 Å². The Kier molecular flexibility index (Phi) is 17.4. The van der Waals surface area contributed by atoms with Crippen LogP contribution in [-0.2, 0) is 25.7 Å². The number of carboxylic acid groups (broad SMARTS) is 1. The third kappa shape index (κ3) is 17.8. The third-order valence-electron chi connectivity index (χ3n) is 5.68. The topological polar surface area (TPSA) is 72.8 Å². The average Bonchev–Trinajstić information content (AvgIpc) is 2.76. The number of rotatable bonds is 21. The second kappa shape index (κ2) is 19.8. The molecule has 0 aliphatic rings. The Hall–Kier alpha value is -1.88. The number of benzene rings is 1. The van der Waals surface area contributed by atoms with E-state index in [1.165, 1.54) is 38.2 Å². The maximum Gasteiger partial charge on any atom is 0.303 e. The van der Waals surface area contributed by atoms with Crippen molar-refractivity contribution in [2.24, 2.45) is 0 Å². The molecule has 0 radical (unpaired) electrons. The van der Waals surface area contributed by atoms with Crippen molar-refractivity contribution in [3.05, 3.63) is 35.9 Å². The van der Waals surface area contributed by atoms with Crippen LogP contribution >= 0.6 is 0 Å². The number of hydrogen-bond acceptors (Lipinski definition) is 4. The molecule has 0 amide bonds. The van der Waals surface area contributed by atoms with E-state index in [9.17, 15) is 9.59 Å². The molecule has 0 heterocycles. The Morgan fingerprint density at radius 2 is 1.31 bits per heavy atom. The average molecular weight is 449 g/mol. The van der Waals surface area contributed by atoms with Gasteiger partial charge in [-0.3, -0.25) is 9.59 Å². The van der Waals surface area contributed by atoms with Gasteiger partial charge in [-0.2, -0.15) is 0 Å². The van der Waals surface area contributed by atoms with Gasteiger partial charge in [-0.1, -0.05) is 81.7 Å². The molecular weight excluding hydrogens is 404 g/mol. The number of aliphatic carboxylic acids is 1. The van der Waals surface area contributed by atoms with Crippen LogP contribution in [0.2, 0.25) is 0 Å². The predicted octanol–water partition coefficient (Wildman–Crippen LogP) is 7.07. The fourth-order valence-electron chi connectivity index (χ4n) is 3.90. The van der Waals surface area contributed by atoms with Crippen LogP contribution in [0.15, 0.2) is 30.3 Å². The van der Waals surface area contributed by atoms with Gasteiger partial charge in [0.15, 0.2) is 0 Å². The highest BCUT2D eigenvalue weighted by atomic mass is 16.5. The van der Waals surface area contributed by atoms with Crippen molar-refractivity contribution in [2.75, 3.05) is 6.61 Å². The van der Waals surface area contributed by atoms with Gasteiger partial charge in [0.25, 0.3) is 0 Å². The van der Waals surface area contributed by atoms with Crippen molar-refractivity contribution in [1.29, 1.82) is 0 Å². The molecule has 1 aromatic carbocycles. The van der Waals surface area contributed by atoms with Gasteiger partial charge < -0.3 is 14.6 Å². The summed E-state index contributed by atoms with van der Waals surface area (Å²) >= 11 is 0. The zero-order valence-electron chi connectivity index (χ0n) is 20.1. The minimum Gasteiger partial charge on any atom is -0.481 e. The second-order valence-corrected chi connectivity index (χ2v) is 8.73. The molecule has 5 nitrogen and oxygen atoms in total. The van der Waals surface area contributed by atoms with Crippen molar-refractivity contribution >= 4 is 11.9 Å². The Balaban J connectivity index is 1.97. The maximum absolute atomic E-state index is 11.4. The zero-order chi connectivity index (χ0) is 23.3. The van der Waals surface area contributed by atoms with Gasteiger partial charge in [0.2, 0.25) is 0 Å². The number of unbranched alkanes of at least 4 members (excludes halogenated alkanes) is 10. The molecule has 0 aliphatic heterocycles. The molecule has 1 unspecified atom stereocenters. The summed E-state index contributed by atoms with van der Waals surface area (Å²) in [6.45, 7) is 3.00. The standard InChI is InChI=1S/C27H44O5/c1-24(28)32-26(19-13-6-3-2-4-8-15-21-27(29)30)20-14-7-5-9-16-22-31-23-25-17-11-10-12-18-25/h10-12,17-18,26H,2-9,13-16,19-23H2,1H3,(H,29,30). The molecule has 182 valence electrons. The highest BCUT2D eigenvalue weighted by molar-refractivity contribution is 5.66. The van der Waals surface area contributed by atoms with Crippen LogP contribution in [-0.4, -0.2) is 29.8 Å². The van der Waals surface area contributed by atoms with Crippen LogP contribution in [0.4, 0.5) is 0 Å². The van der Waals surface area contributed by atoms with E-state index in [1.807, 2.05) is 18.2 Å². The summed E-state index contributed by atoms with van der Waals surface area (Å²) < 4.78 is 11.2. The van der Waals surface area contributed by atoms with Gasteiger partial charge in [0, 0.05) is 20.0 Å². The number of esters is 1. The first-order valence-electron chi connectivity index (χ1n) is 12.6. The highest BCUT2D eigenvalue weighted by Gasteiger charge is 2.11. The molecule has 0 spiro atoms. The lowest BCUT2D eigenvalue weighted by atomic mass is 10.0. The van der Waals surface area contributed by atoms with E-state index >= 15 is 0 Å². The van der Waals surface area contributed by atoms with E-state index in [0.717, 1.165) is 70.8 Å². The summed E-state index contributed by atoms with van der Waals surface area (Å²) in [6, 6.07) is 10.3. The van der Waals surface area contributed by atoms with Crippen molar-refractivity contribution in [3.8, 4) is 0 Å². The van der Waals surface area contributed by atoms with Gasteiger partial charge >= 0.3 is 11.9 Å². The third-order valence-corrected chi connectivity index (χ3v) is 5.68. The Bertz CT molecular complexity index is 587. The van der Waals surface area contributed by atoms with Gasteiger partial charge in [-0.25, -0.2) is 0 Å². The number of ether oxygens (including phenoxy) is 2. The highest BCUT2D eigenvalue weighted by Crippen LogP contribution is 2.17. The number of hydrogen-bond donors (Lipinski definition) is 1. The Morgan fingerprint density at radius 3 is 1.88 bits per heavy atom. The van der Waals surface area contributed by atoms with Gasteiger partial charge in [0.05, 0.1) is 6.61 Å². The van der Waals surface area contributed by atoms with Crippen LogP contribution in [0, 0.1) is 0 Å². The first kappa shape index (κ1) is 28.2. The summed E-state index contributed by atoms with van der Waals surface area (Å²) in [4.78, 5) is 21.9. The maximum atomic E-state index is 11.4. The molecule has 0 aliphatic carbocycles. The first-order valence-corrected chi connectivity index (χ1v) is 12.6. The minimum absolute atomic E-state index is 0.0530. The second-order valence-electron chi connectivity index (χ2n) is 8.73. The molecule has 1 N–H and O–H groups in total. The van der Waals surface area contributed by atoms with E-state index in [1.54, 1.807) is 0 Å². The largest absolute Gasteiger partial charge is 0.481 e. The molecule has 5 heteroatoms. The Morgan fingerprint density at radius 1 is 0.781 bits per heavy atom. The summed E-state index contributed by atoms with van der Waals surface area (Å²) in [6.07, 6.45) is 15.5. The van der Waals surface area contributed by atoms with Crippen LogP contribution in [0.3, 0.4) is 0 Å². The smallest absolute Gasteiger partial charge is 0.303 e. The lowest BCUT2D eigenvalue weighted by Gasteiger charge is -2.17. The summed E-state index contributed by atoms with van der Waals surface area (Å²) in [5.74, 6) is -0.877. The lowest BCUT2D eigenvalue weighted by molar-refractivity contribution is -0.147. The summed E-state index contributed by atoms with van der Waals surface area (Å²) in [5.41, 5.74) is 1.22. The molecule has 0 saturated heterocycles. The zero-order valence-corrected chi connectivity index (χ0v) is 20.1. The SMILES string of the molecule is CC(=O)OC(CCCCCCCCCC(=O)O)CCCCCCCOCc1ccccc1. The van der Waals surface area contributed by atoms with Crippen molar-refractivity contribution in [1.82, 2.24) is 0 Å². The molecule has 0 aromatic heterocycles. The molecule has 0 bridgehead atoms. The number of carboxylic acids is 1. The summed E-state index contributed by atoms with van der Waals surface area (Å²) in [7, 11) is 0. The van der Waals surface area contributed by atoms with Crippen LogP contribution in [0.25, 0.3) is 0 Å². The number of carbonyl (C=O) groups excluding carboxylic acids is 1. The van der Waals surface area contributed by atoms with Gasteiger partial charge in [-0.15, -0.1) is 0 Å². The fraction of sp³-hybridized carbons (Fsp3) is 0.704. The molecular formula is C27H44O5. The number of carbonyl (C=O) groups is 2. The van der Waals surface area contributed by atoms with E-state index in [-0.39, 0.29) is 18.5 Å². The Labute approximate surface area is 194 Å². The van der Waals surface area contributed by atoms with Crippen LogP contribution in [0.1, 0.15) is 109 Å². The predicted molar refractivity (Wildman–Crippen MR) is 129 cm³/mol. The normalized spacial score (nSPS) is 11.9. The first-order chi connectivity index (χ1) is 15.6. The van der Waals surface area contributed by atoms with E-state index < -0.39 is 5.97 Å². The molecule has 32 heavy (non-hydrogen) atoms. The van der Waals surface area contributed by atoms with E-state index in [4.69, 9.17) is 14.6 Å².